The van der Waals surface area contributed by atoms with Crippen molar-refractivity contribution in [2.75, 3.05) is 13.1 Å². The van der Waals surface area contributed by atoms with Gasteiger partial charge in [-0.25, -0.2) is 4.98 Å². The number of benzene rings is 1. The van der Waals surface area contributed by atoms with Crippen molar-refractivity contribution < 1.29 is 5.11 Å². The summed E-state index contributed by atoms with van der Waals surface area (Å²) in [5.41, 5.74) is 0.00311. The van der Waals surface area contributed by atoms with Crippen LogP contribution in [0, 0.1) is 0 Å². The maximum absolute atomic E-state index is 11.9. The Bertz CT molecular complexity index is 640. The molecule has 0 unspecified atom stereocenters. The fourth-order valence-corrected chi connectivity index (χ4v) is 2.45. The van der Waals surface area contributed by atoms with E-state index in [2.05, 4.69) is 9.97 Å². The number of likely N-dealkylation sites (tertiary alicyclic amines) is 1. The molecule has 0 bridgehead atoms. The van der Waals surface area contributed by atoms with Gasteiger partial charge in [-0.05, 0) is 19.1 Å². The van der Waals surface area contributed by atoms with E-state index in [-0.39, 0.29) is 5.56 Å². The van der Waals surface area contributed by atoms with E-state index in [1.165, 1.54) is 0 Å². The first-order valence-electron chi connectivity index (χ1n) is 5.96. The summed E-state index contributed by atoms with van der Waals surface area (Å²) in [4.78, 5) is 21.1. The average Bonchev–Trinajstić information content (AvgIpc) is 2.26. The highest BCUT2D eigenvalue weighted by Gasteiger charge is 2.36. The normalized spacial score (nSPS) is 18.8. The van der Waals surface area contributed by atoms with Crippen molar-refractivity contribution in [1.29, 1.82) is 0 Å². The van der Waals surface area contributed by atoms with Crippen LogP contribution in [0.2, 0.25) is 0 Å². The number of aromatic amines is 1. The first kappa shape index (κ1) is 11.4. The number of hydrogen-bond acceptors (Lipinski definition) is 4. The van der Waals surface area contributed by atoms with E-state index in [0.717, 1.165) is 0 Å². The maximum Gasteiger partial charge on any atom is 0.258 e. The monoisotopic (exact) mass is 245 g/mol. The molecule has 18 heavy (non-hydrogen) atoms. The van der Waals surface area contributed by atoms with E-state index < -0.39 is 5.60 Å². The van der Waals surface area contributed by atoms with Crippen LogP contribution in [0.4, 0.5) is 0 Å². The summed E-state index contributed by atoms with van der Waals surface area (Å²) in [7, 11) is 0. The molecular formula is C13H15N3O2. The fourth-order valence-electron chi connectivity index (χ4n) is 2.45. The third kappa shape index (κ3) is 2.02. The van der Waals surface area contributed by atoms with Crippen LogP contribution < -0.4 is 5.56 Å². The number of rotatable bonds is 2. The summed E-state index contributed by atoms with van der Waals surface area (Å²) in [5, 5.41) is 10.3. The second-order valence-corrected chi connectivity index (χ2v) is 5.17. The molecule has 0 saturated carbocycles. The quantitative estimate of drug-likeness (QED) is 0.808. The van der Waals surface area contributed by atoms with Crippen LogP contribution in [0.25, 0.3) is 10.9 Å². The van der Waals surface area contributed by atoms with Crippen molar-refractivity contribution in [2.45, 2.75) is 19.1 Å². The zero-order valence-corrected chi connectivity index (χ0v) is 10.2. The molecule has 1 saturated heterocycles. The summed E-state index contributed by atoms with van der Waals surface area (Å²) < 4.78 is 0. The predicted octanol–water partition coefficient (Wildman–Crippen LogP) is 0.490. The van der Waals surface area contributed by atoms with Crippen LogP contribution in [0.1, 0.15) is 12.7 Å². The topological polar surface area (TPSA) is 69.2 Å². The van der Waals surface area contributed by atoms with E-state index in [4.69, 9.17) is 0 Å². The minimum Gasteiger partial charge on any atom is -0.388 e. The second-order valence-electron chi connectivity index (χ2n) is 5.17. The van der Waals surface area contributed by atoms with Crippen molar-refractivity contribution in [1.82, 2.24) is 14.9 Å². The predicted molar refractivity (Wildman–Crippen MR) is 68.3 cm³/mol. The van der Waals surface area contributed by atoms with Gasteiger partial charge in [-0.3, -0.25) is 9.69 Å². The van der Waals surface area contributed by atoms with Gasteiger partial charge < -0.3 is 10.1 Å². The lowest BCUT2D eigenvalue weighted by molar-refractivity contribution is -0.0880. The molecule has 0 amide bonds. The number of aromatic nitrogens is 2. The highest BCUT2D eigenvalue weighted by atomic mass is 16.3. The lowest BCUT2D eigenvalue weighted by atomic mass is 9.97. The Hall–Kier alpha value is -1.72. The number of aliphatic hydroxyl groups is 1. The number of H-pyrrole nitrogens is 1. The summed E-state index contributed by atoms with van der Waals surface area (Å²) >= 11 is 0. The lowest BCUT2D eigenvalue weighted by Gasteiger charge is -2.43. The van der Waals surface area contributed by atoms with Gasteiger partial charge in [-0.1, -0.05) is 12.1 Å². The molecule has 2 N–H and O–H groups in total. The first-order chi connectivity index (χ1) is 8.53. The van der Waals surface area contributed by atoms with Crippen LogP contribution >= 0.6 is 0 Å². The molecule has 3 rings (SSSR count). The zero-order valence-electron chi connectivity index (χ0n) is 10.2. The Kier molecular flexibility index (Phi) is 2.46. The second kappa shape index (κ2) is 3.90. The third-order valence-electron chi connectivity index (χ3n) is 3.16. The molecule has 2 aromatic rings. The lowest BCUT2D eigenvalue weighted by Crippen LogP contribution is -2.59. The molecule has 0 atom stereocenters. The van der Waals surface area contributed by atoms with Gasteiger partial charge in [-0.15, -0.1) is 0 Å². The molecule has 5 nitrogen and oxygen atoms in total. The standard InChI is InChI=1S/C13H15N3O2/c1-13(18)7-16(8-13)6-11-14-10-5-3-2-4-9(10)12(17)15-11/h2-5,18H,6-8H2,1H3,(H,14,15,17). The molecule has 1 aromatic heterocycles. The van der Waals surface area contributed by atoms with Crippen molar-refractivity contribution in [3.05, 3.63) is 40.4 Å². The van der Waals surface area contributed by atoms with Crippen LogP contribution in [0.15, 0.2) is 29.1 Å². The van der Waals surface area contributed by atoms with E-state index in [1.807, 2.05) is 23.1 Å². The fraction of sp³-hybridized carbons (Fsp3) is 0.385. The number of para-hydroxylation sites is 1. The molecule has 1 aromatic carbocycles. The molecule has 0 spiro atoms. The Balaban J connectivity index is 1.88. The number of nitrogens with zero attached hydrogens (tertiary/aromatic N) is 2. The van der Waals surface area contributed by atoms with Crippen LogP contribution in [-0.2, 0) is 6.54 Å². The summed E-state index contributed by atoms with van der Waals surface area (Å²) in [6.45, 7) is 3.60. The van der Waals surface area contributed by atoms with E-state index in [9.17, 15) is 9.90 Å². The minimum atomic E-state index is -0.600. The summed E-state index contributed by atoms with van der Waals surface area (Å²) in [6.07, 6.45) is 0. The molecule has 0 radical (unpaired) electrons. The van der Waals surface area contributed by atoms with Crippen molar-refractivity contribution in [3.63, 3.8) is 0 Å². The van der Waals surface area contributed by atoms with Gasteiger partial charge in [-0.2, -0.15) is 0 Å². The van der Waals surface area contributed by atoms with Crippen molar-refractivity contribution >= 4 is 10.9 Å². The van der Waals surface area contributed by atoms with Gasteiger partial charge >= 0.3 is 0 Å². The molecule has 5 heteroatoms. The Morgan fingerprint density at radius 3 is 2.89 bits per heavy atom. The van der Waals surface area contributed by atoms with Gasteiger partial charge in [0.25, 0.3) is 5.56 Å². The van der Waals surface area contributed by atoms with Gasteiger partial charge in [0.15, 0.2) is 0 Å². The molecule has 2 heterocycles. The van der Waals surface area contributed by atoms with Crippen LogP contribution in [0.5, 0.6) is 0 Å². The smallest absolute Gasteiger partial charge is 0.258 e. The van der Waals surface area contributed by atoms with Gasteiger partial charge in [0.2, 0.25) is 0 Å². The van der Waals surface area contributed by atoms with Crippen LogP contribution in [-0.4, -0.2) is 38.7 Å². The number of nitrogens with one attached hydrogen (secondary N) is 1. The molecule has 1 fully saturated rings. The zero-order chi connectivity index (χ0) is 12.8. The van der Waals surface area contributed by atoms with E-state index in [1.54, 1.807) is 13.0 Å². The first-order valence-corrected chi connectivity index (χ1v) is 5.96. The summed E-state index contributed by atoms with van der Waals surface area (Å²) in [5.74, 6) is 0.647. The highest BCUT2D eigenvalue weighted by Crippen LogP contribution is 2.21. The molecule has 1 aliphatic heterocycles. The molecule has 1 aliphatic rings. The highest BCUT2D eigenvalue weighted by molar-refractivity contribution is 5.77. The molecule has 0 aliphatic carbocycles. The average molecular weight is 245 g/mol. The SMILES string of the molecule is CC1(O)CN(Cc2nc3ccccc3c(=O)[nH]2)C1. The third-order valence-corrected chi connectivity index (χ3v) is 3.16. The van der Waals surface area contributed by atoms with Crippen molar-refractivity contribution in [2.24, 2.45) is 0 Å². The van der Waals surface area contributed by atoms with Gasteiger partial charge in [0.1, 0.15) is 5.82 Å². The van der Waals surface area contributed by atoms with Crippen LogP contribution in [0.3, 0.4) is 0 Å². The molecule has 94 valence electrons. The Morgan fingerprint density at radius 2 is 2.17 bits per heavy atom. The maximum atomic E-state index is 11.9. The number of fused-ring (bicyclic) bond motifs is 1. The Labute approximate surface area is 104 Å². The van der Waals surface area contributed by atoms with Gasteiger partial charge in [0.05, 0.1) is 23.0 Å². The van der Waals surface area contributed by atoms with E-state index in [0.29, 0.717) is 36.4 Å². The minimum absolute atomic E-state index is 0.108. The number of β-amino-alcohol motifs (C(OH)–C–C–N with tert-alkyl or cyclic N) is 1. The molecular weight excluding hydrogens is 230 g/mol. The van der Waals surface area contributed by atoms with Crippen molar-refractivity contribution in [3.8, 4) is 0 Å². The largest absolute Gasteiger partial charge is 0.388 e. The summed E-state index contributed by atoms with van der Waals surface area (Å²) in [6, 6.07) is 7.29. The number of hydrogen-bond donors (Lipinski definition) is 2. The Morgan fingerprint density at radius 1 is 1.44 bits per heavy atom. The van der Waals surface area contributed by atoms with E-state index >= 15 is 0 Å². The van der Waals surface area contributed by atoms with Gasteiger partial charge in [0, 0.05) is 13.1 Å².